The SMILES string of the molecule is Cc1cc(CSc2ncccc2C(=O)N2CCN(S(=O)(=O)c3ccc(Cl)s3)CC2)no1. The van der Waals surface area contributed by atoms with Crippen molar-refractivity contribution in [2.45, 2.75) is 21.9 Å². The first-order chi connectivity index (χ1) is 14.8. The summed E-state index contributed by atoms with van der Waals surface area (Å²) in [4.78, 5) is 19.1. The molecular formula is C19H19ClN4O4S3. The van der Waals surface area contributed by atoms with Gasteiger partial charge in [-0.2, -0.15) is 4.31 Å². The van der Waals surface area contributed by atoms with Gasteiger partial charge in [-0.3, -0.25) is 4.79 Å². The second kappa shape index (κ2) is 9.29. The number of thiophene rings is 1. The zero-order valence-electron chi connectivity index (χ0n) is 16.5. The number of amides is 1. The van der Waals surface area contributed by atoms with Gasteiger partial charge in [0.05, 0.1) is 15.6 Å². The first-order valence-corrected chi connectivity index (χ1v) is 13.0. The van der Waals surface area contributed by atoms with Crippen molar-refractivity contribution in [1.82, 2.24) is 19.3 Å². The molecule has 0 spiro atoms. The lowest BCUT2D eigenvalue weighted by Gasteiger charge is -2.33. The van der Waals surface area contributed by atoms with Crippen molar-refractivity contribution in [3.63, 3.8) is 0 Å². The van der Waals surface area contributed by atoms with E-state index in [1.165, 1.54) is 22.1 Å². The molecule has 1 saturated heterocycles. The molecule has 0 saturated carbocycles. The number of piperazine rings is 1. The number of aryl methyl sites for hydroxylation is 1. The lowest BCUT2D eigenvalue weighted by Crippen LogP contribution is -2.50. The average molecular weight is 499 g/mol. The molecule has 4 rings (SSSR count). The van der Waals surface area contributed by atoms with E-state index < -0.39 is 10.0 Å². The van der Waals surface area contributed by atoms with Gasteiger partial charge in [0.2, 0.25) is 0 Å². The Kier molecular flexibility index (Phi) is 6.68. The number of sulfonamides is 1. The van der Waals surface area contributed by atoms with Crippen molar-refractivity contribution < 1.29 is 17.7 Å². The highest BCUT2D eigenvalue weighted by atomic mass is 35.5. The number of hydrogen-bond acceptors (Lipinski definition) is 8. The molecule has 31 heavy (non-hydrogen) atoms. The van der Waals surface area contributed by atoms with Crippen molar-refractivity contribution >= 4 is 50.6 Å². The van der Waals surface area contributed by atoms with Crippen LogP contribution in [0.5, 0.6) is 0 Å². The van der Waals surface area contributed by atoms with Gasteiger partial charge in [-0.1, -0.05) is 28.5 Å². The summed E-state index contributed by atoms with van der Waals surface area (Å²) in [6.07, 6.45) is 1.64. The smallest absolute Gasteiger partial charge is 0.256 e. The van der Waals surface area contributed by atoms with Crippen LogP contribution in [-0.4, -0.2) is 59.8 Å². The van der Waals surface area contributed by atoms with Gasteiger partial charge in [-0.15, -0.1) is 11.3 Å². The lowest BCUT2D eigenvalue weighted by molar-refractivity contribution is 0.0693. The van der Waals surface area contributed by atoms with E-state index in [1.807, 2.05) is 13.0 Å². The van der Waals surface area contributed by atoms with Crippen LogP contribution in [0.3, 0.4) is 0 Å². The van der Waals surface area contributed by atoms with Gasteiger partial charge >= 0.3 is 0 Å². The molecule has 0 N–H and O–H groups in total. The Labute approximate surface area is 193 Å². The van der Waals surface area contributed by atoms with Crippen LogP contribution in [0.2, 0.25) is 4.34 Å². The molecule has 3 aromatic heterocycles. The molecule has 0 radical (unpaired) electrons. The zero-order chi connectivity index (χ0) is 22.0. The van der Waals surface area contributed by atoms with Gasteiger partial charge in [-0.25, -0.2) is 13.4 Å². The summed E-state index contributed by atoms with van der Waals surface area (Å²) in [6.45, 7) is 2.89. The molecule has 1 amide bonds. The molecule has 1 aliphatic rings. The molecule has 0 unspecified atom stereocenters. The first kappa shape index (κ1) is 22.3. The Hall–Kier alpha value is -1.92. The van der Waals surface area contributed by atoms with Crippen molar-refractivity contribution in [3.8, 4) is 0 Å². The van der Waals surface area contributed by atoms with Gasteiger partial charge in [0.1, 0.15) is 15.0 Å². The fraction of sp³-hybridized carbons (Fsp3) is 0.316. The maximum atomic E-state index is 13.1. The molecule has 0 aliphatic carbocycles. The summed E-state index contributed by atoms with van der Waals surface area (Å²) in [5.74, 6) is 1.10. The van der Waals surface area contributed by atoms with Crippen molar-refractivity contribution in [2.24, 2.45) is 0 Å². The number of aromatic nitrogens is 2. The number of rotatable bonds is 6. The molecule has 3 aromatic rings. The van der Waals surface area contributed by atoms with Crippen LogP contribution in [0, 0.1) is 6.92 Å². The molecule has 8 nitrogen and oxygen atoms in total. The van der Waals surface area contributed by atoms with E-state index in [-0.39, 0.29) is 23.2 Å². The van der Waals surface area contributed by atoms with E-state index in [1.54, 1.807) is 29.3 Å². The second-order valence-electron chi connectivity index (χ2n) is 6.83. The summed E-state index contributed by atoms with van der Waals surface area (Å²) >= 11 is 8.33. The van der Waals surface area contributed by atoms with E-state index in [9.17, 15) is 13.2 Å². The third-order valence-corrected chi connectivity index (χ3v) is 9.34. The Bertz CT molecular complexity index is 1190. The topological polar surface area (TPSA) is 96.6 Å². The van der Waals surface area contributed by atoms with Gasteiger partial charge in [0, 0.05) is 44.2 Å². The first-order valence-electron chi connectivity index (χ1n) is 9.39. The van der Waals surface area contributed by atoms with E-state index in [0.717, 1.165) is 22.8 Å². The minimum Gasteiger partial charge on any atom is -0.361 e. The minimum atomic E-state index is -3.60. The van der Waals surface area contributed by atoms with Gasteiger partial charge in [0.15, 0.2) is 0 Å². The van der Waals surface area contributed by atoms with Crippen LogP contribution >= 0.6 is 34.7 Å². The number of carbonyl (C=O) groups is 1. The van der Waals surface area contributed by atoms with Crippen LogP contribution in [0.4, 0.5) is 0 Å². The highest BCUT2D eigenvalue weighted by Gasteiger charge is 2.32. The van der Waals surface area contributed by atoms with Gasteiger partial charge < -0.3 is 9.42 Å². The summed E-state index contributed by atoms with van der Waals surface area (Å²) in [5.41, 5.74) is 1.27. The third kappa shape index (κ3) is 4.96. The van der Waals surface area contributed by atoms with Gasteiger partial charge in [-0.05, 0) is 31.2 Å². The summed E-state index contributed by atoms with van der Waals surface area (Å²) < 4.78 is 32.7. The van der Waals surface area contributed by atoms with Crippen LogP contribution in [0.25, 0.3) is 0 Å². The number of pyridine rings is 1. The van der Waals surface area contributed by atoms with Crippen LogP contribution in [-0.2, 0) is 15.8 Å². The molecule has 0 aromatic carbocycles. The predicted molar refractivity (Wildman–Crippen MR) is 119 cm³/mol. The highest BCUT2D eigenvalue weighted by molar-refractivity contribution is 7.98. The highest BCUT2D eigenvalue weighted by Crippen LogP contribution is 2.29. The molecule has 0 bridgehead atoms. The van der Waals surface area contributed by atoms with Crippen molar-refractivity contribution in [1.29, 1.82) is 0 Å². The van der Waals surface area contributed by atoms with E-state index in [4.69, 9.17) is 16.1 Å². The molecular weight excluding hydrogens is 480 g/mol. The van der Waals surface area contributed by atoms with Crippen molar-refractivity contribution in [2.75, 3.05) is 26.2 Å². The Morgan fingerprint density at radius 2 is 2.03 bits per heavy atom. The summed E-state index contributed by atoms with van der Waals surface area (Å²) in [5, 5.41) is 4.57. The third-order valence-electron chi connectivity index (χ3n) is 4.70. The van der Waals surface area contributed by atoms with E-state index >= 15 is 0 Å². The molecule has 1 fully saturated rings. The normalized spacial score (nSPS) is 15.4. The van der Waals surface area contributed by atoms with Gasteiger partial charge in [0.25, 0.3) is 15.9 Å². The molecule has 4 heterocycles. The molecule has 12 heteroatoms. The Morgan fingerprint density at radius 3 is 2.68 bits per heavy atom. The van der Waals surface area contributed by atoms with E-state index in [0.29, 0.717) is 33.8 Å². The number of halogens is 1. The number of thioether (sulfide) groups is 1. The number of hydrogen-bond donors (Lipinski definition) is 0. The second-order valence-corrected chi connectivity index (χ2v) is 11.7. The molecule has 164 valence electrons. The minimum absolute atomic E-state index is 0.164. The van der Waals surface area contributed by atoms with Crippen LogP contribution in [0.1, 0.15) is 21.8 Å². The maximum absolute atomic E-state index is 13.1. The van der Waals surface area contributed by atoms with Crippen LogP contribution in [0.15, 0.2) is 50.3 Å². The Morgan fingerprint density at radius 1 is 1.26 bits per heavy atom. The lowest BCUT2D eigenvalue weighted by atomic mass is 10.2. The quantitative estimate of drug-likeness (QED) is 0.479. The monoisotopic (exact) mass is 498 g/mol. The summed E-state index contributed by atoms with van der Waals surface area (Å²) in [7, 11) is -3.60. The predicted octanol–water partition coefficient (Wildman–Crippen LogP) is 3.53. The fourth-order valence-corrected chi connectivity index (χ4v) is 7.09. The zero-order valence-corrected chi connectivity index (χ0v) is 19.7. The van der Waals surface area contributed by atoms with Crippen molar-refractivity contribution in [3.05, 3.63) is 57.9 Å². The Balaban J connectivity index is 1.42. The standard InChI is InChI=1S/C19H19ClN4O4S3/c1-13-11-14(22-28-13)12-29-18-15(3-2-6-21-18)19(25)23-7-9-24(10-8-23)31(26,27)17-5-4-16(20)30-17/h2-6,11H,7-10,12H2,1H3. The van der Waals surface area contributed by atoms with Crippen LogP contribution < -0.4 is 0 Å². The number of nitrogens with zero attached hydrogens (tertiary/aromatic N) is 4. The average Bonchev–Trinajstić information content (AvgIpc) is 3.40. The fourth-order valence-electron chi connectivity index (χ4n) is 3.16. The molecule has 1 aliphatic heterocycles. The number of carbonyl (C=O) groups excluding carboxylic acids is 1. The van der Waals surface area contributed by atoms with E-state index in [2.05, 4.69) is 10.1 Å². The largest absolute Gasteiger partial charge is 0.361 e. The molecule has 0 atom stereocenters. The summed E-state index contributed by atoms with van der Waals surface area (Å²) in [6, 6.07) is 8.38. The maximum Gasteiger partial charge on any atom is 0.256 e.